The Labute approximate surface area is 359 Å². The first-order chi connectivity index (χ1) is 27.6. The molecule has 0 aromatic heterocycles. The fourth-order valence-electron chi connectivity index (χ4n) is 9.87. The van der Waals surface area contributed by atoms with Crippen LogP contribution in [0.3, 0.4) is 0 Å². The van der Waals surface area contributed by atoms with Crippen LogP contribution in [0.15, 0.2) is 17.3 Å². The largest absolute Gasteiger partial charge is 0.459 e. The number of ether oxygens (including phenoxy) is 8. The molecule has 0 aromatic carbocycles. The highest BCUT2D eigenvalue weighted by Crippen LogP contribution is 2.43. The van der Waals surface area contributed by atoms with E-state index in [9.17, 15) is 25.3 Å². The van der Waals surface area contributed by atoms with Crippen LogP contribution >= 0.6 is 0 Å². The van der Waals surface area contributed by atoms with Crippen molar-refractivity contribution in [1.82, 2.24) is 4.90 Å². The Balaban J connectivity index is 0.00000961. The lowest BCUT2D eigenvalue weighted by molar-refractivity contribution is -0.320. The van der Waals surface area contributed by atoms with E-state index >= 15 is 0 Å². The van der Waals surface area contributed by atoms with Gasteiger partial charge < -0.3 is 58.4 Å². The average Bonchev–Trinajstić information content (AvgIpc) is 3.19. The predicted octanol–water partition coefficient (Wildman–Crippen LogP) is 4.69. The molecule has 3 unspecified atom stereocenters. The number of hydrogen-bond donors (Lipinski definition) is 4. The Morgan fingerprint density at radius 2 is 1.70 bits per heavy atom. The topological polar surface area (TPSA) is 187 Å². The van der Waals surface area contributed by atoms with Gasteiger partial charge in [0.05, 0.1) is 66.6 Å². The zero-order valence-electron chi connectivity index (χ0n) is 37.5. The molecule has 15 heteroatoms. The molecule has 2 bridgehead atoms. The number of fused-ring (bicyclic) bond motifs is 5. The van der Waals surface area contributed by atoms with Crippen molar-refractivity contribution in [3.63, 3.8) is 0 Å². The summed E-state index contributed by atoms with van der Waals surface area (Å²) in [6.45, 7) is 22.8. The molecule has 346 valence electrons. The Bertz CT molecular complexity index is 1490. The zero-order chi connectivity index (χ0) is 44.2. The molecule has 0 amide bonds. The highest BCUT2D eigenvalue weighted by molar-refractivity contribution is 5.88. The van der Waals surface area contributed by atoms with E-state index in [1.165, 1.54) is 7.11 Å². The van der Waals surface area contributed by atoms with Gasteiger partial charge in [-0.15, -0.1) is 12.3 Å². The van der Waals surface area contributed by atoms with Crippen LogP contribution in [0.2, 0.25) is 0 Å². The monoisotopic (exact) mass is 855 g/mol. The van der Waals surface area contributed by atoms with Crippen molar-refractivity contribution < 1.29 is 63.2 Å². The van der Waals surface area contributed by atoms with Gasteiger partial charge in [-0.05, 0) is 73.4 Å². The van der Waals surface area contributed by atoms with Crippen molar-refractivity contribution in [2.75, 3.05) is 33.9 Å². The van der Waals surface area contributed by atoms with Gasteiger partial charge in [0.2, 0.25) is 0 Å². The van der Waals surface area contributed by atoms with E-state index < -0.39 is 102 Å². The lowest BCUT2D eigenvalue weighted by atomic mass is 9.73. The molecule has 4 rings (SSSR count). The number of terminal acetylenes is 1. The summed E-state index contributed by atoms with van der Waals surface area (Å²) in [5.41, 5.74) is -3.17. The first kappa shape index (κ1) is 52.1. The third-order valence-electron chi connectivity index (χ3n) is 13.5. The minimum Gasteiger partial charge on any atom is -0.459 e. The summed E-state index contributed by atoms with van der Waals surface area (Å²) in [5, 5.41) is 49.9. The molecule has 0 saturated carbocycles. The third kappa shape index (κ3) is 11.3. The number of oxime groups is 1. The number of methoxy groups -OCH3 is 1. The number of nitrogens with zero attached hydrogens (tertiary/aromatic N) is 2. The van der Waals surface area contributed by atoms with Crippen LogP contribution in [-0.2, 0) is 42.7 Å². The number of aliphatic hydroxyl groups excluding tert-OH is 2. The second-order valence-electron chi connectivity index (χ2n) is 18.3. The molecule has 4 aliphatic heterocycles. The molecule has 4 N–H and O–H groups in total. The van der Waals surface area contributed by atoms with Crippen LogP contribution in [0.4, 0.5) is 0 Å². The first-order valence-electron chi connectivity index (χ1n) is 21.3. The van der Waals surface area contributed by atoms with E-state index in [4.69, 9.17) is 44.3 Å². The number of carbonyl (C=O) groups excluding carboxylic acids is 1. The maximum Gasteiger partial charge on any atom is 0.311 e. The average molecular weight is 855 g/mol. The minimum absolute atomic E-state index is 0. The zero-order valence-corrected chi connectivity index (χ0v) is 37.5. The number of cyclic esters (lactones) is 1. The second kappa shape index (κ2) is 21.5. The van der Waals surface area contributed by atoms with Crippen LogP contribution in [0.1, 0.15) is 109 Å². The van der Waals surface area contributed by atoms with Gasteiger partial charge in [0.25, 0.3) is 0 Å². The van der Waals surface area contributed by atoms with Crippen LogP contribution < -0.4 is 0 Å². The van der Waals surface area contributed by atoms with E-state index in [0.717, 1.165) is 0 Å². The number of carbonyl (C=O) groups is 1. The van der Waals surface area contributed by atoms with Gasteiger partial charge in [0, 0.05) is 50.3 Å². The summed E-state index contributed by atoms with van der Waals surface area (Å²) < 4.78 is 52.0. The van der Waals surface area contributed by atoms with Gasteiger partial charge in [-0.1, -0.05) is 46.9 Å². The van der Waals surface area contributed by atoms with Crippen molar-refractivity contribution in [3.8, 4) is 12.3 Å². The summed E-state index contributed by atoms with van der Waals surface area (Å²) in [6, 6.07) is -0.357. The number of esters is 1. The van der Waals surface area contributed by atoms with Crippen molar-refractivity contribution >= 4 is 11.7 Å². The fraction of sp³-hybridized carbons (Fsp3) is 0.867. The molecular weight excluding hydrogens is 776 g/mol. The smallest absolute Gasteiger partial charge is 0.311 e. The van der Waals surface area contributed by atoms with E-state index in [1.54, 1.807) is 34.6 Å². The molecule has 0 aliphatic carbocycles. The molecule has 18 atom stereocenters. The quantitative estimate of drug-likeness (QED) is 0.0823. The van der Waals surface area contributed by atoms with Gasteiger partial charge in [-0.2, -0.15) is 0 Å². The summed E-state index contributed by atoms with van der Waals surface area (Å²) in [7, 11) is 3.43. The molecule has 4 heterocycles. The normalized spacial score (nSPS) is 45.7. The van der Waals surface area contributed by atoms with Crippen molar-refractivity contribution in [1.29, 1.82) is 0 Å². The van der Waals surface area contributed by atoms with Gasteiger partial charge in [0.1, 0.15) is 23.9 Å². The maximum absolute atomic E-state index is 14.6. The van der Waals surface area contributed by atoms with Gasteiger partial charge >= 0.3 is 5.97 Å². The number of rotatable bonds is 9. The molecule has 0 aromatic rings. The Morgan fingerprint density at radius 1 is 1.03 bits per heavy atom. The SMILES string of the molecule is C.C#CCCN(C)[C@H]1C[C@@H](C)OC(O[C@@H]2[C@@H](C)[C@H](OC3C[C@@](C)(OC)[C@@H](O)[C@H](C)O3)[C@@H](C)C(=O)O[C@H](CC)[C@@](C)(O)C3OCC(=C)CO[C@]2(C)C[C@@H](C)/C(=N\O)[C@@H]3C)[C@@H]1O. The predicted molar refractivity (Wildman–Crippen MR) is 226 cm³/mol. The number of likely N-dealkylation sites (N-methyl/N-ethyl adjacent to an activating group) is 1. The third-order valence-corrected chi connectivity index (χ3v) is 13.5. The molecule has 15 nitrogen and oxygen atoms in total. The molecule has 4 aliphatic rings. The van der Waals surface area contributed by atoms with Gasteiger partial charge in [-0.3, -0.25) is 9.69 Å². The van der Waals surface area contributed by atoms with Crippen LogP contribution in [0, 0.1) is 36.0 Å². The number of aliphatic hydroxyl groups is 3. The molecule has 0 radical (unpaired) electrons. The number of hydrogen-bond acceptors (Lipinski definition) is 15. The lowest BCUT2D eigenvalue weighted by Gasteiger charge is -2.50. The molecule has 4 saturated heterocycles. The summed E-state index contributed by atoms with van der Waals surface area (Å²) in [6.07, 6.45) is -2.04. The van der Waals surface area contributed by atoms with Crippen molar-refractivity contribution in [2.24, 2.45) is 28.8 Å². The highest BCUT2D eigenvalue weighted by Gasteiger charge is 2.55. The van der Waals surface area contributed by atoms with Crippen molar-refractivity contribution in [2.45, 2.75) is 193 Å². The van der Waals surface area contributed by atoms with E-state index in [0.29, 0.717) is 30.7 Å². The Hall–Kier alpha value is -2.20. The van der Waals surface area contributed by atoms with Gasteiger partial charge in [-0.25, -0.2) is 0 Å². The molecular formula is C45H78N2O13. The molecule has 60 heavy (non-hydrogen) atoms. The second-order valence-corrected chi connectivity index (χ2v) is 18.3. The summed E-state index contributed by atoms with van der Waals surface area (Å²) in [4.78, 5) is 16.6. The summed E-state index contributed by atoms with van der Waals surface area (Å²) >= 11 is 0. The van der Waals surface area contributed by atoms with Crippen LogP contribution in [0.5, 0.6) is 0 Å². The molecule has 4 fully saturated rings. The van der Waals surface area contributed by atoms with E-state index in [2.05, 4.69) is 17.7 Å². The van der Waals surface area contributed by atoms with Crippen LogP contribution in [-0.4, -0.2) is 155 Å². The van der Waals surface area contributed by atoms with E-state index in [-0.39, 0.29) is 52.0 Å². The van der Waals surface area contributed by atoms with Crippen molar-refractivity contribution in [3.05, 3.63) is 12.2 Å². The minimum atomic E-state index is -1.76. The lowest BCUT2D eigenvalue weighted by Crippen LogP contribution is -2.62. The first-order valence-corrected chi connectivity index (χ1v) is 21.3. The van der Waals surface area contributed by atoms with E-state index in [1.807, 2.05) is 46.6 Å². The Kier molecular flexibility index (Phi) is 18.6. The standard InChI is InChI=1S/C44H74N2O13.CH4/c1-15-17-18-46(13)31-19-26(5)55-41(35(31)47)59-38-28(7)36(58-33-21-42(10,52-14)37(48)30(9)56-33)29(8)40(49)57-32(16-2)44(12,50)39-27(6)34(45-51)25(4)20-43(38,11)54-23-24(3)22-53-39;/h1,25-33,35-39,41,47-48,50-51H,3,16-23H2,2,4-14H3;1H4/b45-34+;/t25-,26-,27+,28+,29-,30+,31+,32-,33?,35-,36+,37+,38-,39?,41?,42-,43-,44-;/m1./s1. The fourth-order valence-corrected chi connectivity index (χ4v) is 9.87. The highest BCUT2D eigenvalue weighted by atomic mass is 16.7. The van der Waals surface area contributed by atoms with Gasteiger partial charge in [0.15, 0.2) is 12.6 Å². The van der Waals surface area contributed by atoms with Crippen LogP contribution in [0.25, 0.3) is 0 Å². The maximum atomic E-state index is 14.6. The molecule has 0 spiro atoms. The Morgan fingerprint density at radius 3 is 2.30 bits per heavy atom. The summed E-state index contributed by atoms with van der Waals surface area (Å²) in [5.74, 6) is -0.863.